The van der Waals surface area contributed by atoms with Crippen molar-refractivity contribution in [2.24, 2.45) is 0 Å². The molecule has 3 rings (SSSR count). The van der Waals surface area contributed by atoms with Gasteiger partial charge in [0.15, 0.2) is 5.65 Å². The van der Waals surface area contributed by atoms with Gasteiger partial charge in [-0.05, 0) is 26.0 Å². The summed E-state index contributed by atoms with van der Waals surface area (Å²) in [6.07, 6.45) is 7.33. The Kier molecular flexibility index (Phi) is 3.44. The molecular weight excluding hydrogens is 274 g/mol. The van der Waals surface area contributed by atoms with Gasteiger partial charge in [-0.3, -0.25) is 0 Å². The van der Waals surface area contributed by atoms with Gasteiger partial charge in [0.2, 0.25) is 0 Å². The van der Waals surface area contributed by atoms with E-state index >= 15 is 0 Å². The van der Waals surface area contributed by atoms with E-state index in [1.807, 2.05) is 36.1 Å². The van der Waals surface area contributed by atoms with Crippen LogP contribution >= 0.6 is 11.6 Å². The van der Waals surface area contributed by atoms with Crippen LogP contribution in [-0.4, -0.2) is 24.1 Å². The van der Waals surface area contributed by atoms with E-state index in [0.29, 0.717) is 0 Å². The van der Waals surface area contributed by atoms with Crippen LogP contribution in [0, 0.1) is 0 Å². The molecule has 0 aromatic carbocycles. The topological polar surface area (TPSA) is 48.5 Å². The number of aromatic nitrogens is 5. The summed E-state index contributed by atoms with van der Waals surface area (Å²) in [6.45, 7) is 4.88. The van der Waals surface area contributed by atoms with Crippen LogP contribution in [0.4, 0.5) is 0 Å². The zero-order chi connectivity index (χ0) is 14.1. The molecule has 0 aliphatic heterocycles. The summed E-state index contributed by atoms with van der Waals surface area (Å²) in [5.74, 6) is 0.855. The van der Waals surface area contributed by atoms with Gasteiger partial charge in [0, 0.05) is 25.1 Å². The second-order valence-electron chi connectivity index (χ2n) is 4.91. The van der Waals surface area contributed by atoms with Crippen molar-refractivity contribution in [3.63, 3.8) is 0 Å². The van der Waals surface area contributed by atoms with Crippen LogP contribution in [0.2, 0.25) is 0 Å². The number of nitrogens with zero attached hydrogens (tertiary/aromatic N) is 5. The van der Waals surface area contributed by atoms with Crippen LogP contribution in [0.25, 0.3) is 11.2 Å². The van der Waals surface area contributed by atoms with Crippen molar-refractivity contribution in [2.75, 3.05) is 0 Å². The minimum atomic E-state index is -0.158. The quantitative estimate of drug-likeness (QED) is 0.693. The summed E-state index contributed by atoms with van der Waals surface area (Å²) in [6, 6.07) is 4.05. The van der Waals surface area contributed by atoms with Crippen molar-refractivity contribution in [2.45, 2.75) is 31.8 Å². The molecule has 2 unspecified atom stereocenters. The standard InChI is InChI=1S/C14H16ClN5/c1-10(8-19-7-6-16-9-19)20-13(11(2)15)18-12-4-3-5-17-14(12)20/h3-7,9-11H,8H2,1-2H3. The summed E-state index contributed by atoms with van der Waals surface area (Å²) >= 11 is 6.28. The van der Waals surface area contributed by atoms with Gasteiger partial charge >= 0.3 is 0 Å². The van der Waals surface area contributed by atoms with E-state index in [4.69, 9.17) is 11.6 Å². The minimum absolute atomic E-state index is 0.158. The third-order valence-corrected chi connectivity index (χ3v) is 3.50. The maximum absolute atomic E-state index is 6.28. The van der Waals surface area contributed by atoms with E-state index in [0.717, 1.165) is 23.5 Å². The molecule has 3 heterocycles. The largest absolute Gasteiger partial charge is 0.335 e. The molecule has 0 amide bonds. The first-order chi connectivity index (χ1) is 9.66. The normalized spacial score (nSPS) is 14.6. The predicted octanol–water partition coefficient (Wildman–Crippen LogP) is 3.19. The molecule has 5 nitrogen and oxygen atoms in total. The average Bonchev–Trinajstić information content (AvgIpc) is 3.04. The first kappa shape index (κ1) is 13.1. The molecule has 6 heteroatoms. The number of hydrogen-bond donors (Lipinski definition) is 0. The van der Waals surface area contributed by atoms with E-state index in [9.17, 15) is 0 Å². The van der Waals surface area contributed by atoms with Crippen molar-refractivity contribution in [3.05, 3.63) is 42.9 Å². The highest BCUT2D eigenvalue weighted by atomic mass is 35.5. The lowest BCUT2D eigenvalue weighted by Crippen LogP contribution is -2.15. The number of alkyl halides is 1. The number of halogens is 1. The van der Waals surface area contributed by atoms with E-state index in [1.165, 1.54) is 0 Å². The van der Waals surface area contributed by atoms with Crippen LogP contribution in [0.5, 0.6) is 0 Å². The van der Waals surface area contributed by atoms with Crippen molar-refractivity contribution in [1.29, 1.82) is 0 Å². The molecule has 0 saturated carbocycles. The molecule has 104 valence electrons. The summed E-state index contributed by atoms with van der Waals surface area (Å²) in [4.78, 5) is 13.1. The molecule has 0 spiro atoms. The van der Waals surface area contributed by atoms with Gasteiger partial charge < -0.3 is 9.13 Å². The lowest BCUT2D eigenvalue weighted by Gasteiger charge is -2.18. The predicted molar refractivity (Wildman–Crippen MR) is 78.7 cm³/mol. The molecule has 0 N–H and O–H groups in total. The maximum Gasteiger partial charge on any atom is 0.160 e. The highest BCUT2D eigenvalue weighted by Gasteiger charge is 2.19. The minimum Gasteiger partial charge on any atom is -0.335 e. The molecule has 20 heavy (non-hydrogen) atoms. The Hall–Kier alpha value is -1.88. The third kappa shape index (κ3) is 2.29. The Morgan fingerprint density at radius 2 is 2.15 bits per heavy atom. The molecule has 0 bridgehead atoms. The highest BCUT2D eigenvalue weighted by molar-refractivity contribution is 6.20. The molecule has 0 aliphatic rings. The fourth-order valence-corrected chi connectivity index (χ4v) is 2.60. The molecule has 0 aliphatic carbocycles. The second-order valence-corrected chi connectivity index (χ2v) is 5.57. The fourth-order valence-electron chi connectivity index (χ4n) is 2.44. The average molecular weight is 290 g/mol. The van der Waals surface area contributed by atoms with Gasteiger partial charge in [-0.15, -0.1) is 11.6 Å². The first-order valence-corrected chi connectivity index (χ1v) is 7.03. The van der Waals surface area contributed by atoms with Crippen molar-refractivity contribution in [3.8, 4) is 0 Å². The zero-order valence-electron chi connectivity index (χ0n) is 11.4. The van der Waals surface area contributed by atoms with Crippen LogP contribution in [0.3, 0.4) is 0 Å². The number of imidazole rings is 2. The van der Waals surface area contributed by atoms with Gasteiger partial charge in [0.1, 0.15) is 11.3 Å². The van der Waals surface area contributed by atoms with Crippen LogP contribution in [-0.2, 0) is 6.54 Å². The van der Waals surface area contributed by atoms with Gasteiger partial charge in [-0.1, -0.05) is 0 Å². The maximum atomic E-state index is 6.28. The van der Waals surface area contributed by atoms with Crippen molar-refractivity contribution >= 4 is 22.8 Å². The van der Waals surface area contributed by atoms with Crippen LogP contribution in [0.15, 0.2) is 37.1 Å². The summed E-state index contributed by atoms with van der Waals surface area (Å²) in [7, 11) is 0. The number of hydrogen-bond acceptors (Lipinski definition) is 3. The molecule has 0 saturated heterocycles. The molecule has 0 radical (unpaired) electrons. The van der Waals surface area contributed by atoms with E-state index in [2.05, 4.69) is 26.4 Å². The van der Waals surface area contributed by atoms with E-state index in [1.54, 1.807) is 12.4 Å². The van der Waals surface area contributed by atoms with Gasteiger partial charge in [-0.2, -0.15) is 0 Å². The van der Waals surface area contributed by atoms with E-state index in [-0.39, 0.29) is 11.4 Å². The summed E-state index contributed by atoms with van der Waals surface area (Å²) < 4.78 is 4.16. The Morgan fingerprint density at radius 1 is 1.30 bits per heavy atom. The number of pyridine rings is 1. The Labute approximate surface area is 122 Å². The van der Waals surface area contributed by atoms with Gasteiger partial charge in [0.25, 0.3) is 0 Å². The summed E-state index contributed by atoms with van der Waals surface area (Å²) in [5, 5.41) is -0.158. The van der Waals surface area contributed by atoms with Crippen molar-refractivity contribution in [1.82, 2.24) is 24.1 Å². The Morgan fingerprint density at radius 3 is 2.85 bits per heavy atom. The SMILES string of the molecule is CC(Cl)c1nc2cccnc2n1C(C)Cn1ccnc1. The van der Waals surface area contributed by atoms with Crippen molar-refractivity contribution < 1.29 is 0 Å². The smallest absolute Gasteiger partial charge is 0.160 e. The Balaban J connectivity index is 2.06. The number of fused-ring (bicyclic) bond motifs is 1. The fraction of sp³-hybridized carbons (Fsp3) is 0.357. The lowest BCUT2D eigenvalue weighted by molar-refractivity contribution is 0.458. The van der Waals surface area contributed by atoms with Gasteiger partial charge in [-0.25, -0.2) is 15.0 Å². The molecule has 3 aromatic heterocycles. The van der Waals surface area contributed by atoms with Gasteiger partial charge in [0.05, 0.1) is 17.7 Å². The summed E-state index contributed by atoms with van der Waals surface area (Å²) in [5.41, 5.74) is 1.76. The Bertz CT molecular complexity index is 702. The molecule has 3 aromatic rings. The zero-order valence-corrected chi connectivity index (χ0v) is 12.2. The third-order valence-electron chi connectivity index (χ3n) is 3.31. The highest BCUT2D eigenvalue weighted by Crippen LogP contribution is 2.27. The lowest BCUT2D eigenvalue weighted by atomic mass is 10.3. The van der Waals surface area contributed by atoms with Crippen LogP contribution in [0.1, 0.15) is 31.1 Å². The molecule has 2 atom stereocenters. The monoisotopic (exact) mass is 289 g/mol. The molecular formula is C14H16ClN5. The molecule has 0 fully saturated rings. The number of rotatable bonds is 4. The van der Waals surface area contributed by atoms with Crippen LogP contribution < -0.4 is 0 Å². The van der Waals surface area contributed by atoms with E-state index < -0.39 is 0 Å². The first-order valence-electron chi connectivity index (χ1n) is 6.59. The second kappa shape index (κ2) is 5.25.